The average Bonchev–Trinajstić information content (AvgIpc) is 3.33. The summed E-state index contributed by atoms with van der Waals surface area (Å²) in [6.45, 7) is 2.84. The van der Waals surface area contributed by atoms with Crippen molar-refractivity contribution in [2.75, 3.05) is 19.0 Å². The Morgan fingerprint density at radius 1 is 1.21 bits per heavy atom. The highest BCUT2D eigenvalue weighted by molar-refractivity contribution is 7.98. The first kappa shape index (κ1) is 18.7. The summed E-state index contributed by atoms with van der Waals surface area (Å²) in [5, 5.41) is 11.5. The molecule has 0 saturated carbocycles. The van der Waals surface area contributed by atoms with Gasteiger partial charge in [-0.25, -0.2) is 4.98 Å². The van der Waals surface area contributed by atoms with Crippen LogP contribution in [0, 0.1) is 0 Å². The summed E-state index contributed by atoms with van der Waals surface area (Å²) >= 11 is 3.00. The van der Waals surface area contributed by atoms with E-state index in [1.807, 2.05) is 31.6 Å². The molecule has 0 spiro atoms. The Kier molecular flexibility index (Phi) is 5.19. The Bertz CT molecular complexity index is 1180. The molecule has 3 aromatic heterocycles. The van der Waals surface area contributed by atoms with Gasteiger partial charge in [-0.15, -0.1) is 21.5 Å². The Morgan fingerprint density at radius 3 is 2.86 bits per heavy atom. The number of anilines is 1. The first-order valence-electron chi connectivity index (χ1n) is 8.86. The second-order valence-corrected chi connectivity index (χ2v) is 8.24. The SMILES string of the molecule is CCn1c(SCc2cc(=O)n3ccsc3n2)nnc1-c1cccc(N(C)C)c1. The number of thioether (sulfide) groups is 1. The summed E-state index contributed by atoms with van der Waals surface area (Å²) in [6, 6.07) is 9.83. The fourth-order valence-corrected chi connectivity index (χ4v) is 4.55. The molecule has 0 N–H and O–H groups in total. The van der Waals surface area contributed by atoms with Crippen molar-refractivity contribution in [3.63, 3.8) is 0 Å². The fraction of sp³-hybridized carbons (Fsp3) is 0.263. The van der Waals surface area contributed by atoms with Gasteiger partial charge in [0.2, 0.25) is 0 Å². The van der Waals surface area contributed by atoms with Crippen LogP contribution in [0.1, 0.15) is 12.6 Å². The van der Waals surface area contributed by atoms with Gasteiger partial charge in [-0.1, -0.05) is 23.9 Å². The van der Waals surface area contributed by atoms with Crippen LogP contribution in [0.3, 0.4) is 0 Å². The summed E-state index contributed by atoms with van der Waals surface area (Å²) < 4.78 is 3.65. The van der Waals surface area contributed by atoms with E-state index in [0.717, 1.165) is 34.5 Å². The van der Waals surface area contributed by atoms with Crippen molar-refractivity contribution in [3.8, 4) is 11.4 Å². The average molecular weight is 413 g/mol. The number of aromatic nitrogens is 5. The molecule has 0 atom stereocenters. The predicted octanol–water partition coefficient (Wildman–Crippen LogP) is 3.39. The number of rotatable bonds is 6. The number of nitrogens with zero attached hydrogens (tertiary/aromatic N) is 6. The molecule has 7 nitrogen and oxygen atoms in total. The molecule has 9 heteroatoms. The topological polar surface area (TPSA) is 68.3 Å². The van der Waals surface area contributed by atoms with Crippen LogP contribution in [0.5, 0.6) is 0 Å². The standard InChI is InChI=1S/C19H20N6OS2/c1-4-24-17(13-6-5-7-15(10-13)23(2)3)21-22-19(24)28-12-14-11-16(26)25-8-9-27-18(25)20-14/h5-11H,4,12H2,1-3H3. The summed E-state index contributed by atoms with van der Waals surface area (Å²) in [4.78, 5) is 19.5. The van der Waals surface area contributed by atoms with Crippen molar-refractivity contribution in [2.45, 2.75) is 24.4 Å². The molecule has 0 saturated heterocycles. The zero-order chi connectivity index (χ0) is 19.7. The van der Waals surface area contributed by atoms with E-state index in [9.17, 15) is 4.79 Å². The molecule has 3 heterocycles. The Balaban J connectivity index is 1.60. The van der Waals surface area contributed by atoms with Crippen LogP contribution < -0.4 is 10.5 Å². The van der Waals surface area contributed by atoms with E-state index in [4.69, 9.17) is 0 Å². The van der Waals surface area contributed by atoms with E-state index in [1.54, 1.807) is 28.4 Å². The van der Waals surface area contributed by atoms with Gasteiger partial charge in [0.1, 0.15) is 0 Å². The van der Waals surface area contributed by atoms with E-state index in [1.165, 1.54) is 11.3 Å². The zero-order valence-electron chi connectivity index (χ0n) is 15.9. The maximum absolute atomic E-state index is 12.2. The van der Waals surface area contributed by atoms with Crippen molar-refractivity contribution in [2.24, 2.45) is 0 Å². The van der Waals surface area contributed by atoms with Gasteiger partial charge in [-0.2, -0.15) is 0 Å². The van der Waals surface area contributed by atoms with Crippen molar-refractivity contribution in [1.82, 2.24) is 24.1 Å². The van der Waals surface area contributed by atoms with E-state index in [-0.39, 0.29) is 5.56 Å². The third-order valence-electron chi connectivity index (χ3n) is 4.36. The molecule has 0 aliphatic rings. The predicted molar refractivity (Wildman–Crippen MR) is 114 cm³/mol. The van der Waals surface area contributed by atoms with Crippen molar-refractivity contribution in [3.05, 3.63) is 58.0 Å². The first-order valence-corrected chi connectivity index (χ1v) is 10.7. The lowest BCUT2D eigenvalue weighted by Gasteiger charge is -2.14. The van der Waals surface area contributed by atoms with E-state index in [0.29, 0.717) is 10.7 Å². The number of thiazole rings is 1. The minimum atomic E-state index is -0.0556. The zero-order valence-corrected chi connectivity index (χ0v) is 17.5. The van der Waals surface area contributed by atoms with Gasteiger partial charge in [0.15, 0.2) is 15.9 Å². The summed E-state index contributed by atoms with van der Waals surface area (Å²) in [7, 11) is 4.04. The van der Waals surface area contributed by atoms with E-state index >= 15 is 0 Å². The maximum atomic E-state index is 12.2. The van der Waals surface area contributed by atoms with Crippen LogP contribution >= 0.6 is 23.1 Å². The molecule has 0 fully saturated rings. The highest BCUT2D eigenvalue weighted by Gasteiger charge is 2.15. The van der Waals surface area contributed by atoms with Crippen molar-refractivity contribution >= 4 is 33.7 Å². The number of hydrogen-bond acceptors (Lipinski definition) is 7. The lowest BCUT2D eigenvalue weighted by Crippen LogP contribution is -2.12. The third-order valence-corrected chi connectivity index (χ3v) is 6.12. The van der Waals surface area contributed by atoms with Gasteiger partial charge in [0, 0.05) is 55.3 Å². The molecule has 0 aliphatic carbocycles. The fourth-order valence-electron chi connectivity index (χ4n) is 2.92. The summed E-state index contributed by atoms with van der Waals surface area (Å²) in [5.74, 6) is 1.41. The van der Waals surface area contributed by atoms with Crippen LogP contribution in [0.25, 0.3) is 16.3 Å². The molecule has 0 amide bonds. The Hall–Kier alpha value is -2.65. The van der Waals surface area contributed by atoms with E-state index < -0.39 is 0 Å². The van der Waals surface area contributed by atoms with Crippen LogP contribution in [0.15, 0.2) is 51.9 Å². The van der Waals surface area contributed by atoms with Crippen LogP contribution in [0.2, 0.25) is 0 Å². The van der Waals surface area contributed by atoms with Gasteiger partial charge in [0.25, 0.3) is 5.56 Å². The van der Waals surface area contributed by atoms with Gasteiger partial charge in [0.05, 0.1) is 5.69 Å². The number of hydrogen-bond donors (Lipinski definition) is 0. The highest BCUT2D eigenvalue weighted by Crippen LogP contribution is 2.28. The lowest BCUT2D eigenvalue weighted by atomic mass is 10.2. The number of benzene rings is 1. The van der Waals surface area contributed by atoms with Crippen molar-refractivity contribution in [1.29, 1.82) is 0 Å². The van der Waals surface area contributed by atoms with Gasteiger partial charge < -0.3 is 9.47 Å². The van der Waals surface area contributed by atoms with Crippen LogP contribution in [-0.4, -0.2) is 38.2 Å². The van der Waals surface area contributed by atoms with Crippen LogP contribution in [-0.2, 0) is 12.3 Å². The van der Waals surface area contributed by atoms with Crippen molar-refractivity contribution < 1.29 is 0 Å². The minimum absolute atomic E-state index is 0.0556. The molecule has 28 heavy (non-hydrogen) atoms. The molecular formula is C19H20N6OS2. The smallest absolute Gasteiger partial charge is 0.258 e. The molecule has 0 bridgehead atoms. The van der Waals surface area contributed by atoms with Gasteiger partial charge in [-0.05, 0) is 19.1 Å². The molecular weight excluding hydrogens is 392 g/mol. The largest absolute Gasteiger partial charge is 0.378 e. The second kappa shape index (κ2) is 7.76. The Labute approximate surface area is 170 Å². The van der Waals surface area contributed by atoms with Gasteiger partial charge >= 0.3 is 0 Å². The molecule has 1 aromatic carbocycles. The third kappa shape index (κ3) is 3.55. The second-order valence-electron chi connectivity index (χ2n) is 6.43. The molecule has 0 radical (unpaired) electrons. The first-order chi connectivity index (χ1) is 13.6. The molecule has 0 aliphatic heterocycles. The van der Waals surface area contributed by atoms with Crippen LogP contribution in [0.4, 0.5) is 5.69 Å². The molecule has 0 unspecified atom stereocenters. The highest BCUT2D eigenvalue weighted by atomic mass is 32.2. The normalized spacial score (nSPS) is 11.2. The number of fused-ring (bicyclic) bond motifs is 1. The summed E-state index contributed by atoms with van der Waals surface area (Å²) in [6.07, 6.45) is 1.74. The quantitative estimate of drug-likeness (QED) is 0.452. The molecule has 4 aromatic rings. The molecule has 4 rings (SSSR count). The Morgan fingerprint density at radius 2 is 2.07 bits per heavy atom. The lowest BCUT2D eigenvalue weighted by molar-refractivity contribution is 0.687. The molecule has 144 valence electrons. The monoisotopic (exact) mass is 412 g/mol. The maximum Gasteiger partial charge on any atom is 0.258 e. The van der Waals surface area contributed by atoms with E-state index in [2.05, 4.69) is 43.7 Å². The summed E-state index contributed by atoms with van der Waals surface area (Å²) in [5.41, 5.74) is 2.84. The minimum Gasteiger partial charge on any atom is -0.378 e. The van der Waals surface area contributed by atoms with Gasteiger partial charge in [-0.3, -0.25) is 9.20 Å².